The first kappa shape index (κ1) is 15.6. The quantitative estimate of drug-likeness (QED) is 0.853. The van der Waals surface area contributed by atoms with Crippen LogP contribution in [-0.4, -0.2) is 23.1 Å². The van der Waals surface area contributed by atoms with Gasteiger partial charge in [0.2, 0.25) is 5.76 Å². The summed E-state index contributed by atoms with van der Waals surface area (Å²) in [6, 6.07) is 9.48. The number of rotatable bonds is 6. The van der Waals surface area contributed by atoms with Crippen LogP contribution in [0.4, 0.5) is 5.69 Å². The van der Waals surface area contributed by atoms with E-state index in [2.05, 4.69) is 5.32 Å². The number of nitrogens with one attached hydrogen (secondary N) is 1. The van der Waals surface area contributed by atoms with Gasteiger partial charge in [0.25, 0.3) is 5.91 Å². The van der Waals surface area contributed by atoms with Crippen LogP contribution in [0, 0.1) is 0 Å². The molecule has 0 fully saturated rings. The number of carbonyl (C=O) groups excluding carboxylic acids is 1. The van der Waals surface area contributed by atoms with Crippen LogP contribution in [-0.2, 0) is 0 Å². The molecule has 1 aromatic carbocycles. The van der Waals surface area contributed by atoms with E-state index in [1.54, 1.807) is 24.3 Å². The predicted molar refractivity (Wildman–Crippen MR) is 80.4 cm³/mol. The Morgan fingerprint density at radius 3 is 2.36 bits per heavy atom. The van der Waals surface area contributed by atoms with Crippen LogP contribution < -0.4 is 10.1 Å². The van der Waals surface area contributed by atoms with E-state index in [-0.39, 0.29) is 17.6 Å². The summed E-state index contributed by atoms with van der Waals surface area (Å²) in [5, 5.41) is 11.4. The number of anilines is 1. The van der Waals surface area contributed by atoms with Gasteiger partial charge < -0.3 is 19.6 Å². The summed E-state index contributed by atoms with van der Waals surface area (Å²) in [5.74, 6) is -1.34. The molecule has 22 heavy (non-hydrogen) atoms. The summed E-state index contributed by atoms with van der Waals surface area (Å²) in [4.78, 5) is 22.6. The summed E-state index contributed by atoms with van der Waals surface area (Å²) in [5.41, 5.74) is 0.565. The number of hydrogen-bond acceptors (Lipinski definition) is 4. The van der Waals surface area contributed by atoms with Gasteiger partial charge >= 0.3 is 5.97 Å². The molecule has 6 heteroatoms. The molecule has 6 nitrogen and oxygen atoms in total. The normalized spacial score (nSPS) is 11.7. The van der Waals surface area contributed by atoms with Crippen LogP contribution in [0.5, 0.6) is 5.75 Å². The first-order chi connectivity index (χ1) is 10.5. The fourth-order valence-electron chi connectivity index (χ4n) is 1.70. The van der Waals surface area contributed by atoms with E-state index in [1.807, 2.05) is 13.8 Å². The molecule has 0 saturated heterocycles. The maximum atomic E-state index is 11.9. The summed E-state index contributed by atoms with van der Waals surface area (Å²) in [7, 11) is 0. The molecule has 2 rings (SSSR count). The fourth-order valence-corrected chi connectivity index (χ4v) is 1.70. The van der Waals surface area contributed by atoms with E-state index >= 15 is 0 Å². The Kier molecular flexibility index (Phi) is 4.83. The lowest BCUT2D eigenvalue weighted by Crippen LogP contribution is -2.11. The molecular weight excluding hydrogens is 286 g/mol. The number of hydrogen-bond donors (Lipinski definition) is 2. The average Bonchev–Trinajstić information content (AvgIpc) is 2.99. The third-order valence-electron chi connectivity index (χ3n) is 3.06. The van der Waals surface area contributed by atoms with Gasteiger partial charge in [-0.2, -0.15) is 0 Å². The van der Waals surface area contributed by atoms with E-state index in [4.69, 9.17) is 14.3 Å². The second-order valence-corrected chi connectivity index (χ2v) is 4.78. The largest absolute Gasteiger partial charge is 0.491 e. The third kappa shape index (κ3) is 3.88. The van der Waals surface area contributed by atoms with Crippen molar-refractivity contribution in [3.63, 3.8) is 0 Å². The molecule has 1 amide bonds. The van der Waals surface area contributed by atoms with Crippen molar-refractivity contribution in [2.24, 2.45) is 0 Å². The molecule has 1 heterocycles. The molecule has 0 spiro atoms. The van der Waals surface area contributed by atoms with Gasteiger partial charge in [0.15, 0.2) is 5.76 Å². The highest BCUT2D eigenvalue weighted by molar-refractivity contribution is 6.02. The summed E-state index contributed by atoms with van der Waals surface area (Å²) in [6.07, 6.45) is 1.03. The molecule has 0 aliphatic rings. The molecule has 116 valence electrons. The van der Waals surface area contributed by atoms with E-state index in [1.165, 1.54) is 12.1 Å². The standard InChI is InChI=1S/C16H17NO5/c1-3-10(2)21-12-6-4-11(5-7-12)17-15(18)13-8-9-14(22-13)16(19)20/h4-10H,3H2,1-2H3,(H,17,18)(H,19,20). The lowest BCUT2D eigenvalue weighted by molar-refractivity contribution is 0.0660. The van der Waals surface area contributed by atoms with Gasteiger partial charge in [-0.1, -0.05) is 6.92 Å². The second kappa shape index (κ2) is 6.80. The van der Waals surface area contributed by atoms with Crippen LogP contribution >= 0.6 is 0 Å². The van der Waals surface area contributed by atoms with E-state index in [9.17, 15) is 9.59 Å². The third-order valence-corrected chi connectivity index (χ3v) is 3.06. The summed E-state index contributed by atoms with van der Waals surface area (Å²) < 4.78 is 10.6. The van der Waals surface area contributed by atoms with Crippen LogP contribution in [0.1, 0.15) is 41.4 Å². The minimum atomic E-state index is -1.22. The van der Waals surface area contributed by atoms with Crippen LogP contribution in [0.2, 0.25) is 0 Å². The van der Waals surface area contributed by atoms with Gasteiger partial charge in [-0.05, 0) is 49.7 Å². The van der Waals surface area contributed by atoms with E-state index < -0.39 is 11.9 Å². The number of aromatic carboxylic acids is 1. The summed E-state index contributed by atoms with van der Waals surface area (Å²) in [6.45, 7) is 4.01. The smallest absolute Gasteiger partial charge is 0.371 e. The molecule has 0 aliphatic heterocycles. The first-order valence-corrected chi connectivity index (χ1v) is 6.90. The highest BCUT2D eigenvalue weighted by Crippen LogP contribution is 2.18. The van der Waals surface area contributed by atoms with Gasteiger partial charge in [0.1, 0.15) is 5.75 Å². The Hall–Kier alpha value is -2.76. The number of carboxylic acid groups (broad SMARTS) is 1. The zero-order valence-electron chi connectivity index (χ0n) is 12.3. The minimum absolute atomic E-state index is 0.0580. The molecule has 1 aromatic heterocycles. The number of furan rings is 1. The van der Waals surface area contributed by atoms with Crippen molar-refractivity contribution in [1.82, 2.24) is 0 Å². The molecule has 2 aromatic rings. The van der Waals surface area contributed by atoms with Crippen molar-refractivity contribution in [3.8, 4) is 5.75 Å². The number of benzene rings is 1. The average molecular weight is 303 g/mol. The van der Waals surface area contributed by atoms with Crippen molar-refractivity contribution in [3.05, 3.63) is 47.9 Å². The monoisotopic (exact) mass is 303 g/mol. The zero-order valence-corrected chi connectivity index (χ0v) is 12.3. The second-order valence-electron chi connectivity index (χ2n) is 4.78. The Morgan fingerprint density at radius 2 is 1.82 bits per heavy atom. The highest BCUT2D eigenvalue weighted by Gasteiger charge is 2.15. The lowest BCUT2D eigenvalue weighted by atomic mass is 10.2. The molecule has 2 N–H and O–H groups in total. The van der Waals surface area contributed by atoms with Gasteiger partial charge in [0.05, 0.1) is 6.10 Å². The van der Waals surface area contributed by atoms with Crippen molar-refractivity contribution in [2.45, 2.75) is 26.4 Å². The summed E-state index contributed by atoms with van der Waals surface area (Å²) >= 11 is 0. The highest BCUT2D eigenvalue weighted by atomic mass is 16.5. The predicted octanol–water partition coefficient (Wildman–Crippen LogP) is 3.41. The van der Waals surface area contributed by atoms with E-state index in [0.717, 1.165) is 12.2 Å². The van der Waals surface area contributed by atoms with Crippen LogP contribution in [0.3, 0.4) is 0 Å². The molecule has 1 unspecified atom stereocenters. The van der Waals surface area contributed by atoms with Gasteiger partial charge in [0, 0.05) is 5.69 Å². The molecule has 1 atom stereocenters. The zero-order chi connectivity index (χ0) is 16.1. The van der Waals surface area contributed by atoms with Crippen molar-refractivity contribution in [1.29, 1.82) is 0 Å². The van der Waals surface area contributed by atoms with E-state index in [0.29, 0.717) is 5.69 Å². The maximum Gasteiger partial charge on any atom is 0.371 e. The van der Waals surface area contributed by atoms with Gasteiger partial charge in [-0.25, -0.2) is 4.79 Å². The van der Waals surface area contributed by atoms with Crippen LogP contribution in [0.25, 0.3) is 0 Å². The maximum absolute atomic E-state index is 11.9. The Bertz CT molecular complexity index is 659. The van der Waals surface area contributed by atoms with Crippen molar-refractivity contribution < 1.29 is 23.8 Å². The number of ether oxygens (including phenoxy) is 1. The molecule has 0 aliphatic carbocycles. The number of carbonyl (C=O) groups is 2. The SMILES string of the molecule is CCC(C)Oc1ccc(NC(=O)c2ccc(C(=O)O)o2)cc1. The lowest BCUT2D eigenvalue weighted by Gasteiger charge is -2.12. The topological polar surface area (TPSA) is 88.8 Å². The Balaban J connectivity index is 2.00. The fraction of sp³-hybridized carbons (Fsp3) is 0.250. The van der Waals surface area contributed by atoms with Crippen molar-refractivity contribution in [2.75, 3.05) is 5.32 Å². The Morgan fingerprint density at radius 1 is 1.18 bits per heavy atom. The molecular formula is C16H17NO5. The Labute approximate surface area is 127 Å². The molecule has 0 radical (unpaired) electrons. The van der Waals surface area contributed by atoms with Crippen LogP contribution in [0.15, 0.2) is 40.8 Å². The molecule has 0 bridgehead atoms. The van der Waals surface area contributed by atoms with Gasteiger partial charge in [-0.3, -0.25) is 4.79 Å². The first-order valence-electron chi connectivity index (χ1n) is 6.90. The molecule has 0 saturated carbocycles. The number of amides is 1. The minimum Gasteiger partial charge on any atom is -0.491 e. The van der Waals surface area contributed by atoms with Gasteiger partial charge in [-0.15, -0.1) is 0 Å². The number of carboxylic acids is 1. The van der Waals surface area contributed by atoms with Crippen molar-refractivity contribution >= 4 is 17.6 Å².